The summed E-state index contributed by atoms with van der Waals surface area (Å²) >= 11 is -0.158. The molecule has 2 aromatic carbocycles. The van der Waals surface area contributed by atoms with Crippen molar-refractivity contribution in [1.29, 1.82) is 0 Å². The molecule has 0 bridgehead atoms. The van der Waals surface area contributed by atoms with Gasteiger partial charge in [0.05, 0.1) is 0 Å². The molecule has 0 unspecified atom stereocenters. The van der Waals surface area contributed by atoms with E-state index < -0.39 is 5.51 Å². The zero-order valence-corrected chi connectivity index (χ0v) is 14.9. The molecule has 0 saturated carbocycles. The van der Waals surface area contributed by atoms with Gasteiger partial charge in [-0.3, -0.25) is 4.90 Å². The summed E-state index contributed by atoms with van der Waals surface area (Å²) < 4.78 is 38.1. The number of anilines is 1. The van der Waals surface area contributed by atoms with Gasteiger partial charge in [0, 0.05) is 23.7 Å². The molecule has 1 N–H and O–H groups in total. The molecule has 0 aromatic heterocycles. The summed E-state index contributed by atoms with van der Waals surface area (Å²) in [4.78, 5) is 14.5. The fraction of sp³-hybridized carbons (Fsp3) is 0.316. The maximum atomic E-state index is 12.7. The Hall–Kier alpha value is -2.15. The van der Waals surface area contributed by atoms with E-state index in [-0.39, 0.29) is 29.2 Å². The highest BCUT2D eigenvalue weighted by atomic mass is 32.2. The largest absolute Gasteiger partial charge is 0.446 e. The van der Waals surface area contributed by atoms with E-state index in [2.05, 4.69) is 5.32 Å². The van der Waals surface area contributed by atoms with Gasteiger partial charge in [-0.05, 0) is 54.3 Å². The third kappa shape index (κ3) is 4.72. The predicted molar refractivity (Wildman–Crippen MR) is 97.3 cm³/mol. The lowest BCUT2D eigenvalue weighted by Gasteiger charge is -2.23. The quantitative estimate of drug-likeness (QED) is 0.728. The maximum absolute atomic E-state index is 12.7. The molecule has 2 amide bonds. The number of nitrogens with zero attached hydrogens (tertiary/aromatic N) is 1. The number of fused-ring (bicyclic) bond motifs is 1. The molecule has 0 radical (unpaired) electrons. The Morgan fingerprint density at radius 3 is 2.62 bits per heavy atom. The van der Waals surface area contributed by atoms with E-state index in [1.165, 1.54) is 6.07 Å². The monoisotopic (exact) mass is 380 g/mol. The number of amides is 2. The number of alkyl halides is 3. The molecule has 26 heavy (non-hydrogen) atoms. The second-order valence-corrected chi connectivity index (χ2v) is 7.16. The summed E-state index contributed by atoms with van der Waals surface area (Å²) in [6, 6.07) is 13.7. The van der Waals surface area contributed by atoms with E-state index in [0.717, 1.165) is 30.5 Å². The highest BCUT2D eigenvalue weighted by Gasteiger charge is 2.30. The number of aryl methyl sites for hydroxylation is 1. The number of carbonyl (C=O) groups excluding carboxylic acids is 1. The smallest absolute Gasteiger partial charge is 0.334 e. The van der Waals surface area contributed by atoms with Crippen molar-refractivity contribution in [3.63, 3.8) is 0 Å². The Balaban J connectivity index is 1.72. The van der Waals surface area contributed by atoms with Crippen LogP contribution in [-0.2, 0) is 13.0 Å². The molecule has 0 spiro atoms. The second kappa shape index (κ2) is 8.03. The van der Waals surface area contributed by atoms with Gasteiger partial charge in [-0.1, -0.05) is 36.4 Å². The van der Waals surface area contributed by atoms with Crippen LogP contribution >= 0.6 is 11.8 Å². The molecule has 1 heterocycles. The summed E-state index contributed by atoms with van der Waals surface area (Å²) in [7, 11) is 0. The van der Waals surface area contributed by atoms with Gasteiger partial charge >= 0.3 is 11.5 Å². The Bertz CT molecular complexity index is 779. The molecular formula is C19H19F3N2OS. The number of hydrogen-bond acceptors (Lipinski definition) is 2. The van der Waals surface area contributed by atoms with Crippen LogP contribution in [0.5, 0.6) is 0 Å². The first-order valence-corrected chi connectivity index (χ1v) is 9.22. The Morgan fingerprint density at radius 1 is 1.08 bits per heavy atom. The normalized spacial score (nSPS) is 14.5. The number of halogens is 3. The number of rotatable bonds is 3. The molecule has 0 atom stereocenters. The van der Waals surface area contributed by atoms with Crippen LogP contribution < -0.4 is 10.2 Å². The van der Waals surface area contributed by atoms with E-state index >= 15 is 0 Å². The molecule has 7 heteroatoms. The zero-order chi connectivity index (χ0) is 18.6. The van der Waals surface area contributed by atoms with Crippen LogP contribution in [0.25, 0.3) is 0 Å². The van der Waals surface area contributed by atoms with Gasteiger partial charge in [0.2, 0.25) is 0 Å². The van der Waals surface area contributed by atoms with Crippen LogP contribution in [-0.4, -0.2) is 18.1 Å². The lowest BCUT2D eigenvalue weighted by Crippen LogP contribution is -2.40. The number of thioether (sulfide) groups is 1. The van der Waals surface area contributed by atoms with Gasteiger partial charge in [0.15, 0.2) is 0 Å². The number of nitrogens with one attached hydrogen (secondary N) is 1. The fourth-order valence-electron chi connectivity index (χ4n) is 3.04. The van der Waals surface area contributed by atoms with Gasteiger partial charge in [0.1, 0.15) is 0 Å². The highest BCUT2D eigenvalue weighted by Crippen LogP contribution is 2.38. The summed E-state index contributed by atoms with van der Waals surface area (Å²) in [6.07, 6.45) is 2.82. The van der Waals surface area contributed by atoms with Crippen molar-refractivity contribution in [3.8, 4) is 0 Å². The van der Waals surface area contributed by atoms with Crippen molar-refractivity contribution in [3.05, 3.63) is 59.7 Å². The molecule has 2 aromatic rings. The number of urea groups is 1. The standard InChI is InChI=1S/C19H19F3N2OS/c20-19(21,22)26-17-11-4-2-9-15(17)13-23-18(25)24-12-6-5-8-14-7-1-3-10-16(14)24/h1-4,7,9-11H,5-6,8,12-13H2,(H,23,25). The molecule has 138 valence electrons. The van der Waals surface area contributed by atoms with Crippen LogP contribution in [0.3, 0.4) is 0 Å². The number of hydrogen-bond donors (Lipinski definition) is 1. The van der Waals surface area contributed by atoms with Crippen LogP contribution in [0.4, 0.5) is 23.7 Å². The van der Waals surface area contributed by atoms with Crippen LogP contribution in [0, 0.1) is 0 Å². The summed E-state index contributed by atoms with van der Waals surface area (Å²) in [5.74, 6) is 0. The molecule has 0 aliphatic carbocycles. The minimum absolute atomic E-state index is 0.0523. The molecule has 1 aliphatic heterocycles. The summed E-state index contributed by atoms with van der Waals surface area (Å²) in [5, 5.41) is 2.77. The molecule has 1 aliphatic rings. The number of benzene rings is 2. The predicted octanol–water partition coefficient (Wildman–Crippen LogP) is 5.35. The number of para-hydroxylation sites is 1. The van der Waals surface area contributed by atoms with Gasteiger partial charge in [-0.15, -0.1) is 0 Å². The van der Waals surface area contributed by atoms with E-state index in [1.807, 2.05) is 24.3 Å². The maximum Gasteiger partial charge on any atom is 0.446 e. The lowest BCUT2D eigenvalue weighted by molar-refractivity contribution is -0.0328. The molecular weight excluding hydrogens is 361 g/mol. The molecule has 3 rings (SSSR count). The minimum atomic E-state index is -4.36. The number of carbonyl (C=O) groups is 1. The van der Waals surface area contributed by atoms with Crippen molar-refractivity contribution in [1.82, 2.24) is 5.32 Å². The minimum Gasteiger partial charge on any atom is -0.334 e. The van der Waals surface area contributed by atoms with E-state index in [9.17, 15) is 18.0 Å². The van der Waals surface area contributed by atoms with Crippen molar-refractivity contribution in [2.24, 2.45) is 0 Å². The van der Waals surface area contributed by atoms with E-state index in [0.29, 0.717) is 12.1 Å². The summed E-state index contributed by atoms with van der Waals surface area (Å²) in [5.41, 5.74) is -1.91. The third-order valence-electron chi connectivity index (χ3n) is 4.23. The van der Waals surface area contributed by atoms with Crippen molar-refractivity contribution < 1.29 is 18.0 Å². The Morgan fingerprint density at radius 2 is 1.81 bits per heavy atom. The third-order valence-corrected chi connectivity index (χ3v) is 5.08. The van der Waals surface area contributed by atoms with Gasteiger partial charge in [-0.2, -0.15) is 13.2 Å². The SMILES string of the molecule is O=C(NCc1ccccc1SC(F)(F)F)N1CCCCc2ccccc21. The Labute approximate surface area is 154 Å². The summed E-state index contributed by atoms with van der Waals surface area (Å²) in [6.45, 7) is 0.651. The zero-order valence-electron chi connectivity index (χ0n) is 14.1. The average Bonchev–Trinajstić information content (AvgIpc) is 2.82. The van der Waals surface area contributed by atoms with Gasteiger partial charge in [0.25, 0.3) is 0 Å². The highest BCUT2D eigenvalue weighted by molar-refractivity contribution is 8.00. The van der Waals surface area contributed by atoms with Crippen LogP contribution in [0.2, 0.25) is 0 Å². The van der Waals surface area contributed by atoms with Gasteiger partial charge < -0.3 is 5.32 Å². The first kappa shape index (κ1) is 18.6. The Kier molecular flexibility index (Phi) is 5.76. The lowest BCUT2D eigenvalue weighted by atomic mass is 10.1. The fourth-order valence-corrected chi connectivity index (χ4v) is 3.71. The van der Waals surface area contributed by atoms with Crippen LogP contribution in [0.1, 0.15) is 24.0 Å². The molecule has 0 saturated heterocycles. The van der Waals surface area contributed by atoms with Crippen molar-refractivity contribution in [2.75, 3.05) is 11.4 Å². The van der Waals surface area contributed by atoms with Crippen LogP contribution in [0.15, 0.2) is 53.4 Å². The van der Waals surface area contributed by atoms with Gasteiger partial charge in [-0.25, -0.2) is 4.79 Å². The first-order chi connectivity index (χ1) is 12.4. The average molecular weight is 380 g/mol. The van der Waals surface area contributed by atoms with E-state index in [1.54, 1.807) is 23.1 Å². The first-order valence-electron chi connectivity index (χ1n) is 8.41. The van der Waals surface area contributed by atoms with Crippen molar-refractivity contribution >= 4 is 23.5 Å². The topological polar surface area (TPSA) is 32.3 Å². The van der Waals surface area contributed by atoms with Crippen molar-refractivity contribution in [2.45, 2.75) is 36.2 Å². The molecule has 3 nitrogen and oxygen atoms in total. The van der Waals surface area contributed by atoms with E-state index in [4.69, 9.17) is 0 Å². The molecule has 0 fully saturated rings. The second-order valence-electron chi connectivity index (χ2n) is 6.05.